The molecule has 0 spiro atoms. The first-order valence-electron chi connectivity index (χ1n) is 6.31. The monoisotopic (exact) mass is 358 g/mol. The molecule has 2 aromatic carbocycles. The summed E-state index contributed by atoms with van der Waals surface area (Å²) in [6.07, 6.45) is -4.58. The second-order valence-corrected chi connectivity index (χ2v) is 5.28. The van der Waals surface area contributed by atoms with Gasteiger partial charge in [0, 0.05) is 11.3 Å². The fraction of sp³-hybridized carbons (Fsp3) is 0.0667. The van der Waals surface area contributed by atoms with Crippen molar-refractivity contribution in [1.82, 2.24) is 5.32 Å². The molecular weight excluding hydrogens is 349 g/mol. The lowest BCUT2D eigenvalue weighted by Gasteiger charge is -2.13. The zero-order valence-electron chi connectivity index (χ0n) is 11.4. The van der Waals surface area contributed by atoms with Crippen LogP contribution in [-0.4, -0.2) is 11.0 Å². The number of nitrogens with one attached hydrogen (secondary N) is 2. The fourth-order valence-corrected chi connectivity index (χ4v) is 2.18. The smallest absolute Gasteiger partial charge is 0.332 e. The van der Waals surface area contributed by atoms with Crippen molar-refractivity contribution in [3.8, 4) is 0 Å². The number of anilines is 1. The Bertz CT molecular complexity index is 735. The Labute approximate surface area is 140 Å². The van der Waals surface area contributed by atoms with Gasteiger partial charge >= 0.3 is 6.18 Å². The maximum absolute atomic E-state index is 12.8. The van der Waals surface area contributed by atoms with Gasteiger partial charge < -0.3 is 5.32 Å². The van der Waals surface area contributed by atoms with Crippen LogP contribution in [0.15, 0.2) is 48.5 Å². The average molecular weight is 359 g/mol. The van der Waals surface area contributed by atoms with Gasteiger partial charge in [-0.3, -0.25) is 10.1 Å². The quantitative estimate of drug-likeness (QED) is 0.777. The number of carbonyl (C=O) groups is 1. The van der Waals surface area contributed by atoms with Crippen LogP contribution < -0.4 is 10.6 Å². The molecule has 2 N–H and O–H groups in total. The van der Waals surface area contributed by atoms with Crippen LogP contribution in [0, 0.1) is 0 Å². The normalized spacial score (nSPS) is 11.0. The molecule has 0 saturated heterocycles. The van der Waals surface area contributed by atoms with Gasteiger partial charge in [-0.2, -0.15) is 13.2 Å². The van der Waals surface area contributed by atoms with E-state index in [0.717, 1.165) is 12.1 Å². The van der Waals surface area contributed by atoms with E-state index in [-0.39, 0.29) is 10.8 Å². The molecule has 0 aromatic heterocycles. The maximum Gasteiger partial charge on any atom is 0.417 e. The third-order valence-corrected chi connectivity index (χ3v) is 3.33. The minimum Gasteiger partial charge on any atom is -0.332 e. The lowest BCUT2D eigenvalue weighted by molar-refractivity contribution is -0.137. The highest BCUT2D eigenvalue weighted by molar-refractivity contribution is 7.80. The minimum absolute atomic E-state index is 0.0695. The largest absolute Gasteiger partial charge is 0.417 e. The number of rotatable bonds is 2. The van der Waals surface area contributed by atoms with Crippen molar-refractivity contribution in [1.29, 1.82) is 0 Å². The number of hydrogen-bond donors (Lipinski definition) is 2. The summed E-state index contributed by atoms with van der Waals surface area (Å²) in [6, 6.07) is 11.5. The number of benzene rings is 2. The van der Waals surface area contributed by atoms with Crippen molar-refractivity contribution in [3.05, 3.63) is 64.7 Å². The number of thiocarbonyl (C=S) groups is 1. The molecule has 0 aliphatic rings. The third-order valence-electron chi connectivity index (χ3n) is 2.79. The predicted octanol–water partition coefficient (Wildman–Crippen LogP) is 4.49. The van der Waals surface area contributed by atoms with Crippen molar-refractivity contribution < 1.29 is 18.0 Å². The zero-order chi connectivity index (χ0) is 17.0. The topological polar surface area (TPSA) is 41.1 Å². The molecule has 0 radical (unpaired) electrons. The molecule has 0 aliphatic heterocycles. The second-order valence-electron chi connectivity index (χ2n) is 4.47. The van der Waals surface area contributed by atoms with Crippen molar-refractivity contribution in [3.63, 3.8) is 0 Å². The Morgan fingerprint density at radius 1 is 1.09 bits per heavy atom. The molecule has 0 atom stereocenters. The molecule has 0 saturated carbocycles. The van der Waals surface area contributed by atoms with Crippen LogP contribution in [0.5, 0.6) is 0 Å². The van der Waals surface area contributed by atoms with Crippen molar-refractivity contribution in [2.45, 2.75) is 6.18 Å². The molecule has 0 fully saturated rings. The molecular formula is C15H10ClF3N2OS. The first kappa shape index (κ1) is 17.2. The van der Waals surface area contributed by atoms with Gasteiger partial charge in [-0.25, -0.2) is 0 Å². The highest BCUT2D eigenvalue weighted by Crippen LogP contribution is 2.36. The molecule has 23 heavy (non-hydrogen) atoms. The van der Waals surface area contributed by atoms with Crippen LogP contribution in [0.4, 0.5) is 18.9 Å². The highest BCUT2D eigenvalue weighted by Gasteiger charge is 2.33. The van der Waals surface area contributed by atoms with E-state index >= 15 is 0 Å². The Hall–Kier alpha value is -2.12. The van der Waals surface area contributed by atoms with E-state index in [1.807, 2.05) is 0 Å². The molecule has 120 valence electrons. The van der Waals surface area contributed by atoms with Crippen molar-refractivity contribution in [2.24, 2.45) is 0 Å². The van der Waals surface area contributed by atoms with Gasteiger partial charge in [-0.1, -0.05) is 29.8 Å². The Morgan fingerprint density at radius 2 is 1.74 bits per heavy atom. The first-order valence-corrected chi connectivity index (χ1v) is 7.10. The molecule has 0 unspecified atom stereocenters. The van der Waals surface area contributed by atoms with Gasteiger partial charge in [0.05, 0.1) is 10.6 Å². The molecule has 2 aromatic rings. The number of alkyl halides is 3. The molecule has 0 heterocycles. The summed E-state index contributed by atoms with van der Waals surface area (Å²) in [4.78, 5) is 11.9. The molecule has 0 aliphatic carbocycles. The Kier molecular flexibility index (Phi) is 5.23. The van der Waals surface area contributed by atoms with Crippen LogP contribution in [0.3, 0.4) is 0 Å². The number of carbonyl (C=O) groups excluding carboxylic acids is 1. The number of halogens is 4. The lowest BCUT2D eigenvalue weighted by Crippen LogP contribution is -2.34. The average Bonchev–Trinajstić information content (AvgIpc) is 2.49. The van der Waals surface area contributed by atoms with E-state index in [1.54, 1.807) is 30.3 Å². The van der Waals surface area contributed by atoms with Gasteiger partial charge in [0.2, 0.25) is 0 Å². The van der Waals surface area contributed by atoms with E-state index in [1.165, 1.54) is 6.07 Å². The van der Waals surface area contributed by atoms with E-state index in [4.69, 9.17) is 23.8 Å². The van der Waals surface area contributed by atoms with E-state index in [2.05, 4.69) is 10.6 Å². The number of hydrogen-bond acceptors (Lipinski definition) is 2. The van der Waals surface area contributed by atoms with Gasteiger partial charge in [-0.15, -0.1) is 0 Å². The van der Waals surface area contributed by atoms with Crippen LogP contribution in [-0.2, 0) is 6.18 Å². The molecule has 8 heteroatoms. The van der Waals surface area contributed by atoms with Crippen LogP contribution in [0.2, 0.25) is 5.02 Å². The Balaban J connectivity index is 2.08. The third kappa shape index (κ3) is 4.67. The molecule has 1 amide bonds. The molecule has 3 nitrogen and oxygen atoms in total. The zero-order valence-corrected chi connectivity index (χ0v) is 13.0. The number of amides is 1. The maximum atomic E-state index is 12.8. The summed E-state index contributed by atoms with van der Waals surface area (Å²) in [5.41, 5.74) is -0.537. The summed E-state index contributed by atoms with van der Waals surface area (Å²) in [5.74, 6) is -0.465. The standard InChI is InChI=1S/C15H10ClF3N2OS/c16-12-7-6-10(8-11(12)15(17,18)19)20-14(23)21-13(22)9-4-2-1-3-5-9/h1-8H,(H2,20,21,22,23). The van der Waals surface area contributed by atoms with E-state index in [9.17, 15) is 18.0 Å². The van der Waals surface area contributed by atoms with Crippen molar-refractivity contribution in [2.75, 3.05) is 5.32 Å². The fourth-order valence-electron chi connectivity index (χ4n) is 1.75. The van der Waals surface area contributed by atoms with Gasteiger partial charge in [0.15, 0.2) is 5.11 Å². The Morgan fingerprint density at radius 3 is 2.35 bits per heavy atom. The first-order chi connectivity index (χ1) is 10.8. The van der Waals surface area contributed by atoms with Crippen LogP contribution in [0.25, 0.3) is 0 Å². The van der Waals surface area contributed by atoms with E-state index in [0.29, 0.717) is 5.56 Å². The van der Waals surface area contributed by atoms with Gasteiger partial charge in [-0.05, 0) is 42.5 Å². The second kappa shape index (κ2) is 6.97. The van der Waals surface area contributed by atoms with Gasteiger partial charge in [0.1, 0.15) is 0 Å². The summed E-state index contributed by atoms with van der Waals surface area (Å²) in [7, 11) is 0. The van der Waals surface area contributed by atoms with Crippen molar-refractivity contribution >= 4 is 40.5 Å². The highest BCUT2D eigenvalue weighted by atomic mass is 35.5. The SMILES string of the molecule is O=C(NC(=S)Nc1ccc(Cl)c(C(F)(F)F)c1)c1ccccc1. The predicted molar refractivity (Wildman–Crippen MR) is 86.6 cm³/mol. The van der Waals surface area contributed by atoms with Gasteiger partial charge in [0.25, 0.3) is 5.91 Å². The lowest BCUT2D eigenvalue weighted by atomic mass is 10.2. The summed E-state index contributed by atoms with van der Waals surface area (Å²) in [5, 5.41) is 4.38. The van der Waals surface area contributed by atoms with Crippen LogP contribution in [0.1, 0.15) is 15.9 Å². The molecule has 2 rings (SSSR count). The summed E-state index contributed by atoms with van der Waals surface area (Å²) in [6.45, 7) is 0. The summed E-state index contributed by atoms with van der Waals surface area (Å²) < 4.78 is 38.3. The van der Waals surface area contributed by atoms with E-state index < -0.39 is 22.7 Å². The minimum atomic E-state index is -4.58. The summed E-state index contributed by atoms with van der Waals surface area (Å²) >= 11 is 10.5. The van der Waals surface area contributed by atoms with Crippen LogP contribution >= 0.6 is 23.8 Å². The molecule has 0 bridgehead atoms.